The summed E-state index contributed by atoms with van der Waals surface area (Å²) in [7, 11) is 0. The van der Waals surface area contributed by atoms with Crippen LogP contribution in [0, 0.1) is 0 Å². The fourth-order valence-electron chi connectivity index (χ4n) is 1.68. The van der Waals surface area contributed by atoms with Gasteiger partial charge in [-0.25, -0.2) is 4.79 Å². The minimum Gasteiger partial charge on any atom is -0.387 e. The van der Waals surface area contributed by atoms with Crippen LogP contribution >= 0.6 is 11.8 Å². The molecule has 0 aliphatic carbocycles. The molecule has 19 heavy (non-hydrogen) atoms. The third-order valence-corrected chi connectivity index (χ3v) is 3.59. The van der Waals surface area contributed by atoms with Gasteiger partial charge in [-0.15, -0.1) is 0 Å². The number of carbonyl (C=O) groups excluding carboxylic acids is 1. The second-order valence-corrected chi connectivity index (χ2v) is 5.66. The molecule has 4 nitrogen and oxygen atoms in total. The Labute approximate surface area is 119 Å². The zero-order chi connectivity index (χ0) is 14.3. The van der Waals surface area contributed by atoms with E-state index in [4.69, 9.17) is 0 Å². The molecule has 1 rings (SSSR count). The quantitative estimate of drug-likeness (QED) is 0.751. The molecule has 3 N–H and O–H groups in total. The lowest BCUT2D eigenvalue weighted by Gasteiger charge is -2.22. The van der Waals surface area contributed by atoms with Gasteiger partial charge in [-0.2, -0.15) is 11.8 Å². The van der Waals surface area contributed by atoms with Gasteiger partial charge in [0.25, 0.3) is 0 Å². The number of urea groups is 1. The predicted molar refractivity (Wildman–Crippen MR) is 81.8 cm³/mol. The van der Waals surface area contributed by atoms with Gasteiger partial charge in [0.05, 0.1) is 5.60 Å². The molecule has 1 atom stereocenters. The Kier molecular flexibility index (Phi) is 6.18. The summed E-state index contributed by atoms with van der Waals surface area (Å²) >= 11 is 1.55. The van der Waals surface area contributed by atoms with Crippen LogP contribution in [0.1, 0.15) is 19.4 Å². The first-order valence-electron chi connectivity index (χ1n) is 6.32. The standard InChI is InChI=1S/C14H22N2O2S/c1-4-11-6-5-7-12(8-11)16-13(17)15-9-14(2,18)10-19-3/h5-8,18H,4,9-10H2,1-3H3,(H2,15,16,17). The van der Waals surface area contributed by atoms with Crippen LogP contribution in [0.4, 0.5) is 10.5 Å². The first-order valence-corrected chi connectivity index (χ1v) is 7.71. The highest BCUT2D eigenvalue weighted by molar-refractivity contribution is 7.98. The maximum atomic E-state index is 11.7. The number of benzene rings is 1. The zero-order valence-electron chi connectivity index (χ0n) is 11.7. The number of hydrogen-bond donors (Lipinski definition) is 3. The molecule has 0 saturated carbocycles. The lowest BCUT2D eigenvalue weighted by atomic mass is 10.1. The van der Waals surface area contributed by atoms with Gasteiger partial charge < -0.3 is 15.7 Å². The molecule has 0 fully saturated rings. The average molecular weight is 282 g/mol. The number of nitrogens with one attached hydrogen (secondary N) is 2. The number of hydrogen-bond acceptors (Lipinski definition) is 3. The van der Waals surface area contributed by atoms with Gasteiger partial charge in [0.2, 0.25) is 0 Å². The van der Waals surface area contributed by atoms with Gasteiger partial charge in [-0.1, -0.05) is 19.1 Å². The van der Waals surface area contributed by atoms with Gasteiger partial charge in [0.1, 0.15) is 0 Å². The van der Waals surface area contributed by atoms with Gasteiger partial charge in [0, 0.05) is 18.0 Å². The minimum absolute atomic E-state index is 0.229. The van der Waals surface area contributed by atoms with Crippen molar-refractivity contribution in [2.75, 3.05) is 23.9 Å². The number of rotatable bonds is 6. The van der Waals surface area contributed by atoms with Crippen LogP contribution in [0.25, 0.3) is 0 Å². The fourth-order valence-corrected chi connectivity index (χ4v) is 2.40. The average Bonchev–Trinajstić information content (AvgIpc) is 2.37. The monoisotopic (exact) mass is 282 g/mol. The second-order valence-electron chi connectivity index (χ2n) is 4.79. The van der Waals surface area contributed by atoms with E-state index in [1.54, 1.807) is 18.7 Å². The molecule has 0 saturated heterocycles. The first kappa shape index (κ1) is 15.9. The van der Waals surface area contributed by atoms with Gasteiger partial charge in [-0.05, 0) is 37.3 Å². The highest BCUT2D eigenvalue weighted by atomic mass is 32.2. The number of aliphatic hydroxyl groups is 1. The molecule has 0 spiro atoms. The van der Waals surface area contributed by atoms with Crippen molar-refractivity contribution in [3.8, 4) is 0 Å². The maximum Gasteiger partial charge on any atom is 0.319 e. The summed E-state index contributed by atoms with van der Waals surface area (Å²) in [4.78, 5) is 11.7. The highest BCUT2D eigenvalue weighted by Crippen LogP contribution is 2.12. The Hall–Kier alpha value is -1.20. The van der Waals surface area contributed by atoms with Crippen molar-refractivity contribution in [2.24, 2.45) is 0 Å². The molecule has 0 aliphatic rings. The zero-order valence-corrected chi connectivity index (χ0v) is 12.5. The second kappa shape index (κ2) is 7.40. The van der Waals surface area contributed by atoms with Gasteiger partial charge in [0.15, 0.2) is 0 Å². The van der Waals surface area contributed by atoms with E-state index in [1.165, 1.54) is 5.56 Å². The van der Waals surface area contributed by atoms with E-state index < -0.39 is 5.60 Å². The summed E-state index contributed by atoms with van der Waals surface area (Å²) < 4.78 is 0. The SMILES string of the molecule is CCc1cccc(NC(=O)NCC(C)(O)CSC)c1. The number of aryl methyl sites for hydroxylation is 1. The normalized spacial score (nSPS) is 13.7. The largest absolute Gasteiger partial charge is 0.387 e. The summed E-state index contributed by atoms with van der Waals surface area (Å²) in [6.07, 6.45) is 2.85. The topological polar surface area (TPSA) is 61.4 Å². The number of anilines is 1. The summed E-state index contributed by atoms with van der Waals surface area (Å²) in [6, 6.07) is 7.43. The van der Waals surface area contributed by atoms with E-state index in [-0.39, 0.29) is 12.6 Å². The van der Waals surface area contributed by atoms with Crippen LogP contribution in [0.5, 0.6) is 0 Å². The molecule has 0 bridgehead atoms. The highest BCUT2D eigenvalue weighted by Gasteiger charge is 2.20. The van der Waals surface area contributed by atoms with E-state index >= 15 is 0 Å². The lowest BCUT2D eigenvalue weighted by Crippen LogP contribution is -2.43. The Morgan fingerprint density at radius 2 is 2.21 bits per heavy atom. The molecule has 1 aromatic rings. The molecule has 1 unspecified atom stereocenters. The Bertz CT molecular complexity index is 422. The van der Waals surface area contributed by atoms with Crippen molar-refractivity contribution in [3.63, 3.8) is 0 Å². The summed E-state index contributed by atoms with van der Waals surface area (Å²) in [5, 5.41) is 15.4. The molecule has 1 aromatic carbocycles. The Balaban J connectivity index is 2.46. The minimum atomic E-state index is -0.887. The fraction of sp³-hybridized carbons (Fsp3) is 0.500. The van der Waals surface area contributed by atoms with Crippen LogP contribution in [-0.4, -0.2) is 35.3 Å². The van der Waals surface area contributed by atoms with E-state index in [0.29, 0.717) is 5.75 Å². The third kappa shape index (κ3) is 5.98. The summed E-state index contributed by atoms with van der Waals surface area (Å²) in [5.74, 6) is 0.582. The van der Waals surface area contributed by atoms with Crippen LogP contribution in [0.3, 0.4) is 0 Å². The third-order valence-electron chi connectivity index (χ3n) is 2.68. The van der Waals surface area contributed by atoms with Crippen molar-refractivity contribution in [2.45, 2.75) is 25.9 Å². The van der Waals surface area contributed by atoms with E-state index in [0.717, 1.165) is 12.1 Å². The molecular formula is C14H22N2O2S. The van der Waals surface area contributed by atoms with E-state index in [1.807, 2.05) is 30.5 Å². The molecular weight excluding hydrogens is 260 g/mol. The molecule has 0 heterocycles. The van der Waals surface area contributed by atoms with Crippen molar-refractivity contribution < 1.29 is 9.90 Å². The van der Waals surface area contributed by atoms with Crippen molar-refractivity contribution in [3.05, 3.63) is 29.8 Å². The van der Waals surface area contributed by atoms with Crippen LogP contribution in [0.15, 0.2) is 24.3 Å². The molecule has 2 amide bonds. The molecule has 106 valence electrons. The Morgan fingerprint density at radius 1 is 1.47 bits per heavy atom. The predicted octanol–water partition coefficient (Wildman–Crippen LogP) is 2.48. The van der Waals surface area contributed by atoms with E-state index in [2.05, 4.69) is 17.6 Å². The Morgan fingerprint density at radius 3 is 2.84 bits per heavy atom. The van der Waals surface area contributed by atoms with Crippen molar-refractivity contribution in [1.29, 1.82) is 0 Å². The maximum absolute atomic E-state index is 11.7. The number of thioether (sulfide) groups is 1. The molecule has 0 aromatic heterocycles. The van der Waals surface area contributed by atoms with E-state index in [9.17, 15) is 9.90 Å². The first-order chi connectivity index (χ1) is 8.96. The van der Waals surface area contributed by atoms with Crippen LogP contribution in [0.2, 0.25) is 0 Å². The smallest absolute Gasteiger partial charge is 0.319 e. The molecule has 5 heteroatoms. The number of carbonyl (C=O) groups is 1. The van der Waals surface area contributed by atoms with Gasteiger partial charge >= 0.3 is 6.03 Å². The van der Waals surface area contributed by atoms with Crippen molar-refractivity contribution >= 4 is 23.5 Å². The van der Waals surface area contributed by atoms with Crippen LogP contribution in [-0.2, 0) is 6.42 Å². The summed E-state index contributed by atoms with van der Waals surface area (Å²) in [5.41, 5.74) is 1.05. The number of amides is 2. The lowest BCUT2D eigenvalue weighted by molar-refractivity contribution is 0.0876. The van der Waals surface area contributed by atoms with Crippen LogP contribution < -0.4 is 10.6 Å². The summed E-state index contributed by atoms with van der Waals surface area (Å²) in [6.45, 7) is 4.01. The molecule has 0 aliphatic heterocycles. The van der Waals surface area contributed by atoms with Crippen molar-refractivity contribution in [1.82, 2.24) is 5.32 Å². The van der Waals surface area contributed by atoms with Gasteiger partial charge in [-0.3, -0.25) is 0 Å². The molecule has 0 radical (unpaired) electrons.